The van der Waals surface area contributed by atoms with Crippen molar-refractivity contribution < 1.29 is 4.74 Å². The fourth-order valence-corrected chi connectivity index (χ4v) is 2.68. The molecule has 0 unspecified atom stereocenters. The van der Waals surface area contributed by atoms with E-state index in [0.29, 0.717) is 33.4 Å². The van der Waals surface area contributed by atoms with Gasteiger partial charge in [0.15, 0.2) is 5.82 Å². The van der Waals surface area contributed by atoms with Gasteiger partial charge in [-0.25, -0.2) is 4.98 Å². The molecular formula is C18H14Cl2N2O2. The van der Waals surface area contributed by atoms with E-state index in [-0.39, 0.29) is 5.56 Å². The van der Waals surface area contributed by atoms with Crippen molar-refractivity contribution in [3.05, 3.63) is 69.2 Å². The lowest BCUT2D eigenvalue weighted by atomic mass is 10.2. The Balaban J connectivity index is 2.03. The largest absolute Gasteiger partial charge is 0.494 e. The van der Waals surface area contributed by atoms with Gasteiger partial charge in [-0.3, -0.25) is 4.79 Å². The van der Waals surface area contributed by atoms with Gasteiger partial charge in [-0.2, -0.15) is 0 Å². The first kappa shape index (κ1) is 16.6. The quantitative estimate of drug-likeness (QED) is 0.732. The van der Waals surface area contributed by atoms with E-state index in [1.807, 2.05) is 31.2 Å². The monoisotopic (exact) mass is 360 g/mol. The summed E-state index contributed by atoms with van der Waals surface area (Å²) in [6.45, 7) is 2.51. The third-order valence-electron chi connectivity index (χ3n) is 3.36. The second-order valence-corrected chi connectivity index (χ2v) is 5.92. The first-order chi connectivity index (χ1) is 11.6. The zero-order valence-corrected chi connectivity index (χ0v) is 14.4. The lowest BCUT2D eigenvalue weighted by Gasteiger charge is -2.05. The molecule has 1 N–H and O–H groups in total. The summed E-state index contributed by atoms with van der Waals surface area (Å²) in [6, 6.07) is 12.4. The van der Waals surface area contributed by atoms with Crippen LogP contribution in [-0.4, -0.2) is 16.6 Å². The first-order valence-electron chi connectivity index (χ1n) is 7.37. The zero-order chi connectivity index (χ0) is 17.1. The van der Waals surface area contributed by atoms with Crippen molar-refractivity contribution in [2.45, 2.75) is 6.92 Å². The summed E-state index contributed by atoms with van der Waals surface area (Å²) >= 11 is 12.3. The van der Waals surface area contributed by atoms with Crippen LogP contribution in [0.25, 0.3) is 22.0 Å². The second-order valence-electron chi connectivity index (χ2n) is 5.07. The van der Waals surface area contributed by atoms with Crippen molar-refractivity contribution >= 4 is 45.2 Å². The Morgan fingerprint density at radius 1 is 1.29 bits per heavy atom. The summed E-state index contributed by atoms with van der Waals surface area (Å²) in [5.74, 6) is 1.04. The van der Waals surface area contributed by atoms with Gasteiger partial charge in [0.25, 0.3) is 5.56 Å². The predicted molar refractivity (Wildman–Crippen MR) is 98.7 cm³/mol. The molecule has 4 nitrogen and oxygen atoms in total. The van der Waals surface area contributed by atoms with Crippen molar-refractivity contribution in [1.29, 1.82) is 0 Å². The van der Waals surface area contributed by atoms with Crippen LogP contribution < -0.4 is 10.3 Å². The van der Waals surface area contributed by atoms with Crippen LogP contribution in [0, 0.1) is 0 Å². The van der Waals surface area contributed by atoms with Gasteiger partial charge in [-0.1, -0.05) is 35.3 Å². The zero-order valence-electron chi connectivity index (χ0n) is 12.8. The SMILES string of the molecule is CCOc1cccc(/C=C(/Cl)c2nc3cc(Cl)ccc3c(=O)[nH]2)c1. The summed E-state index contributed by atoms with van der Waals surface area (Å²) in [7, 11) is 0. The summed E-state index contributed by atoms with van der Waals surface area (Å²) in [5.41, 5.74) is 1.08. The van der Waals surface area contributed by atoms with Crippen LogP contribution in [0.2, 0.25) is 5.02 Å². The minimum Gasteiger partial charge on any atom is -0.494 e. The molecule has 0 atom stereocenters. The lowest BCUT2D eigenvalue weighted by Crippen LogP contribution is -2.10. The number of benzene rings is 2. The van der Waals surface area contributed by atoms with Crippen LogP contribution >= 0.6 is 23.2 Å². The van der Waals surface area contributed by atoms with Crippen molar-refractivity contribution in [1.82, 2.24) is 9.97 Å². The number of H-pyrrole nitrogens is 1. The number of nitrogens with zero attached hydrogens (tertiary/aromatic N) is 1. The summed E-state index contributed by atoms with van der Waals surface area (Å²) in [4.78, 5) is 19.2. The highest BCUT2D eigenvalue weighted by Crippen LogP contribution is 2.23. The first-order valence-corrected chi connectivity index (χ1v) is 8.12. The Morgan fingerprint density at radius 3 is 2.92 bits per heavy atom. The molecule has 0 aliphatic heterocycles. The van der Waals surface area contributed by atoms with Gasteiger partial charge in [0.05, 0.1) is 22.5 Å². The van der Waals surface area contributed by atoms with E-state index in [2.05, 4.69) is 9.97 Å². The molecule has 122 valence electrons. The highest BCUT2D eigenvalue weighted by Gasteiger charge is 2.07. The molecule has 1 heterocycles. The van der Waals surface area contributed by atoms with E-state index in [1.54, 1.807) is 24.3 Å². The van der Waals surface area contributed by atoms with Crippen LogP contribution in [-0.2, 0) is 0 Å². The van der Waals surface area contributed by atoms with E-state index in [0.717, 1.165) is 11.3 Å². The van der Waals surface area contributed by atoms with Crippen LogP contribution in [0.1, 0.15) is 18.3 Å². The van der Waals surface area contributed by atoms with E-state index < -0.39 is 0 Å². The molecule has 3 rings (SSSR count). The minimum absolute atomic E-state index is 0.263. The molecule has 3 aromatic rings. The Hall–Kier alpha value is -2.30. The van der Waals surface area contributed by atoms with Crippen molar-refractivity contribution in [2.24, 2.45) is 0 Å². The molecule has 0 aliphatic rings. The highest BCUT2D eigenvalue weighted by molar-refractivity contribution is 6.50. The average Bonchev–Trinajstić information content (AvgIpc) is 2.55. The number of rotatable bonds is 4. The van der Waals surface area contributed by atoms with E-state index >= 15 is 0 Å². The number of nitrogens with one attached hydrogen (secondary N) is 1. The number of aromatic amines is 1. The van der Waals surface area contributed by atoms with Crippen LogP contribution in [0.3, 0.4) is 0 Å². The van der Waals surface area contributed by atoms with Gasteiger partial charge in [-0.15, -0.1) is 0 Å². The number of halogens is 2. The molecule has 6 heteroatoms. The minimum atomic E-state index is -0.263. The van der Waals surface area contributed by atoms with Gasteiger partial charge in [-0.05, 0) is 48.9 Å². The standard InChI is InChI=1S/C18H14Cl2N2O2/c1-2-24-13-5-3-4-11(8-13)9-15(20)17-21-16-10-12(19)6-7-14(16)18(23)22-17/h3-10H,2H2,1H3,(H,21,22,23)/b15-9+. The van der Waals surface area contributed by atoms with Crippen molar-refractivity contribution in [2.75, 3.05) is 6.61 Å². The lowest BCUT2D eigenvalue weighted by molar-refractivity contribution is 0.340. The maximum Gasteiger partial charge on any atom is 0.259 e. The molecule has 0 fully saturated rings. The van der Waals surface area contributed by atoms with Crippen LogP contribution in [0.5, 0.6) is 5.75 Å². The Kier molecular flexibility index (Phi) is 4.88. The highest BCUT2D eigenvalue weighted by atomic mass is 35.5. The molecule has 0 amide bonds. The third kappa shape index (κ3) is 3.61. The molecule has 0 spiro atoms. The molecule has 1 aromatic heterocycles. The fourth-order valence-electron chi connectivity index (χ4n) is 2.30. The topological polar surface area (TPSA) is 55.0 Å². The predicted octanol–water partition coefficient (Wildman–Crippen LogP) is 4.71. The Labute approximate surface area is 148 Å². The van der Waals surface area contributed by atoms with E-state index in [1.165, 1.54) is 0 Å². The molecule has 0 bridgehead atoms. The molecule has 0 saturated heterocycles. The van der Waals surface area contributed by atoms with Gasteiger partial charge in [0.2, 0.25) is 0 Å². The number of ether oxygens (including phenoxy) is 1. The maximum atomic E-state index is 12.2. The normalized spacial score (nSPS) is 11.7. The number of hydrogen-bond donors (Lipinski definition) is 1. The van der Waals surface area contributed by atoms with Crippen molar-refractivity contribution in [3.63, 3.8) is 0 Å². The summed E-state index contributed by atoms with van der Waals surface area (Å²) < 4.78 is 5.46. The van der Waals surface area contributed by atoms with Crippen LogP contribution in [0.15, 0.2) is 47.3 Å². The fraction of sp³-hybridized carbons (Fsp3) is 0.111. The van der Waals surface area contributed by atoms with Crippen molar-refractivity contribution in [3.8, 4) is 5.75 Å². The summed E-state index contributed by atoms with van der Waals surface area (Å²) in [6.07, 6.45) is 1.72. The summed E-state index contributed by atoms with van der Waals surface area (Å²) in [5, 5.41) is 1.30. The molecule has 2 aromatic carbocycles. The maximum absolute atomic E-state index is 12.2. The number of fused-ring (bicyclic) bond motifs is 1. The second kappa shape index (κ2) is 7.07. The van der Waals surface area contributed by atoms with E-state index in [9.17, 15) is 4.79 Å². The molecule has 0 radical (unpaired) electrons. The van der Waals surface area contributed by atoms with Gasteiger partial charge in [0, 0.05) is 5.02 Å². The number of hydrogen-bond acceptors (Lipinski definition) is 3. The van der Waals surface area contributed by atoms with Gasteiger partial charge >= 0.3 is 0 Å². The third-order valence-corrected chi connectivity index (χ3v) is 3.88. The molecular weight excluding hydrogens is 347 g/mol. The molecule has 0 aliphatic carbocycles. The van der Waals surface area contributed by atoms with Crippen LogP contribution in [0.4, 0.5) is 0 Å². The molecule has 0 saturated carbocycles. The molecule has 24 heavy (non-hydrogen) atoms. The average molecular weight is 361 g/mol. The smallest absolute Gasteiger partial charge is 0.259 e. The Morgan fingerprint density at radius 2 is 2.12 bits per heavy atom. The van der Waals surface area contributed by atoms with Gasteiger partial charge < -0.3 is 9.72 Å². The van der Waals surface area contributed by atoms with Gasteiger partial charge in [0.1, 0.15) is 5.75 Å². The van der Waals surface area contributed by atoms with E-state index in [4.69, 9.17) is 27.9 Å². The number of aromatic nitrogens is 2. The Bertz CT molecular complexity index is 980.